The highest BCUT2D eigenvalue weighted by atomic mass is 35.5. The molecule has 35 heavy (non-hydrogen) atoms. The van der Waals surface area contributed by atoms with Gasteiger partial charge >= 0.3 is 18.7 Å². The number of aromatic nitrogens is 2. The number of carbonyl (C=O) groups is 1. The number of aryl methyl sites for hydroxylation is 1. The number of hydrogen-bond acceptors (Lipinski definition) is 7. The minimum atomic E-state index is -4.90. The highest BCUT2D eigenvalue weighted by Gasteiger charge is 2.33. The summed E-state index contributed by atoms with van der Waals surface area (Å²) in [4.78, 5) is 26.4. The summed E-state index contributed by atoms with van der Waals surface area (Å²) in [5.74, 6) is 3.04. The van der Waals surface area contributed by atoms with Crippen LogP contribution >= 0.6 is 12.4 Å². The van der Waals surface area contributed by atoms with Crippen LogP contribution in [0, 0.1) is 0 Å². The molecule has 0 aliphatic carbocycles. The van der Waals surface area contributed by atoms with E-state index >= 15 is 0 Å². The third-order valence-electron chi connectivity index (χ3n) is 4.03. The number of halogens is 7. The highest BCUT2D eigenvalue weighted by Crippen LogP contribution is 2.30. The van der Waals surface area contributed by atoms with Crippen LogP contribution < -0.4 is 26.6 Å². The predicted octanol–water partition coefficient (Wildman–Crippen LogP) is 3.86. The van der Waals surface area contributed by atoms with Crippen molar-refractivity contribution in [3.8, 4) is 11.5 Å². The largest absolute Gasteiger partial charge is 0.573 e. The zero-order valence-corrected chi connectivity index (χ0v) is 18.3. The van der Waals surface area contributed by atoms with Gasteiger partial charge in [-0.25, -0.2) is 14.5 Å². The fourth-order valence-corrected chi connectivity index (χ4v) is 2.64. The Balaban J connectivity index is 0.000000350. The van der Waals surface area contributed by atoms with Gasteiger partial charge in [0.1, 0.15) is 11.3 Å². The van der Waals surface area contributed by atoms with Gasteiger partial charge in [0.25, 0.3) is 5.56 Å². The first-order valence-corrected chi connectivity index (χ1v) is 9.07. The van der Waals surface area contributed by atoms with Gasteiger partial charge in [-0.15, -0.1) is 38.7 Å². The van der Waals surface area contributed by atoms with E-state index in [0.717, 1.165) is 28.9 Å². The fourth-order valence-electron chi connectivity index (χ4n) is 2.64. The topological polar surface area (TPSA) is 143 Å². The summed E-state index contributed by atoms with van der Waals surface area (Å²) in [5.41, 5.74) is 3.43. The maximum absolute atomic E-state index is 12.3. The second kappa shape index (κ2) is 11.0. The molecule has 3 aromatic rings. The van der Waals surface area contributed by atoms with Crippen LogP contribution in [-0.2, 0) is 6.42 Å². The number of aromatic carboxylic acids is 1. The van der Waals surface area contributed by atoms with Crippen molar-refractivity contribution in [1.29, 1.82) is 0 Å². The molecule has 1 heterocycles. The lowest BCUT2D eigenvalue weighted by Crippen LogP contribution is -2.31. The number of fused-ring (bicyclic) bond motifs is 1. The standard InChI is InChI=1S/C11H10F3N3O2.C8H6F3NO3.ClH/c1-2-8-16-9-6(10(18)17(8)15)4-3-5-7(9)19-11(12,13)14;9-8(10,11)15-5-3-1-2-4(6(5)12)7(13)14;/h3-5H,2,15H2,1H3;1-3H,12H2,(H,13,14);1H. The number of rotatable bonds is 4. The molecule has 0 atom stereocenters. The Bertz CT molecular complexity index is 1260. The van der Waals surface area contributed by atoms with Crippen LogP contribution in [0.15, 0.2) is 41.2 Å². The number of hydrogen-bond donors (Lipinski definition) is 3. The molecule has 9 nitrogen and oxygen atoms in total. The second-order valence-electron chi connectivity index (χ2n) is 6.33. The summed E-state index contributed by atoms with van der Waals surface area (Å²) in [6, 6.07) is 6.86. The summed E-state index contributed by atoms with van der Waals surface area (Å²) in [7, 11) is 0. The zero-order valence-electron chi connectivity index (χ0n) is 17.5. The van der Waals surface area contributed by atoms with E-state index in [1.54, 1.807) is 6.92 Å². The molecule has 0 spiro atoms. The molecule has 0 unspecified atom stereocenters. The Hall–Kier alpha value is -3.88. The molecule has 2 aromatic carbocycles. The van der Waals surface area contributed by atoms with Crippen molar-refractivity contribution in [3.05, 3.63) is 58.1 Å². The molecule has 5 N–H and O–H groups in total. The van der Waals surface area contributed by atoms with Crippen LogP contribution in [0.3, 0.4) is 0 Å². The fraction of sp³-hybridized carbons (Fsp3) is 0.211. The molecule has 0 fully saturated rings. The van der Waals surface area contributed by atoms with Crippen LogP contribution in [0.1, 0.15) is 23.1 Å². The number of alkyl halides is 6. The Kier molecular flexibility index (Phi) is 9.19. The van der Waals surface area contributed by atoms with Crippen LogP contribution in [0.25, 0.3) is 10.9 Å². The lowest BCUT2D eigenvalue weighted by atomic mass is 10.1. The van der Waals surface area contributed by atoms with Crippen molar-refractivity contribution in [2.24, 2.45) is 0 Å². The number of ether oxygens (including phenoxy) is 2. The maximum atomic E-state index is 12.3. The minimum Gasteiger partial charge on any atom is -0.478 e. The summed E-state index contributed by atoms with van der Waals surface area (Å²) in [6.07, 6.45) is -9.44. The summed E-state index contributed by atoms with van der Waals surface area (Å²) < 4.78 is 80.5. The van der Waals surface area contributed by atoms with Crippen LogP contribution in [0.4, 0.5) is 32.0 Å². The molecule has 0 amide bonds. The van der Waals surface area contributed by atoms with E-state index in [9.17, 15) is 35.9 Å². The number of carboxylic acids is 1. The van der Waals surface area contributed by atoms with Gasteiger partial charge in [0.2, 0.25) is 0 Å². The first kappa shape index (κ1) is 29.2. The third-order valence-corrected chi connectivity index (χ3v) is 4.03. The van der Waals surface area contributed by atoms with Gasteiger partial charge in [-0.2, -0.15) is 0 Å². The number of carboxylic acid groups (broad SMARTS) is 1. The van der Waals surface area contributed by atoms with Crippen molar-refractivity contribution in [2.75, 3.05) is 11.6 Å². The third kappa shape index (κ3) is 7.56. The van der Waals surface area contributed by atoms with E-state index in [2.05, 4.69) is 14.5 Å². The van der Waals surface area contributed by atoms with E-state index < -0.39 is 47.0 Å². The monoisotopic (exact) mass is 530 g/mol. The number of para-hydroxylation sites is 2. The van der Waals surface area contributed by atoms with Gasteiger partial charge < -0.3 is 26.2 Å². The number of nitrogens with zero attached hydrogens (tertiary/aromatic N) is 2. The van der Waals surface area contributed by atoms with Crippen molar-refractivity contribution in [2.45, 2.75) is 26.1 Å². The first-order chi connectivity index (χ1) is 15.6. The highest BCUT2D eigenvalue weighted by molar-refractivity contribution is 5.95. The molecule has 192 valence electrons. The SMILES string of the molecule is CCc1nc2c(OC(F)(F)F)cccc2c(=O)n1N.Cl.Nc1c(OC(F)(F)F)cccc1C(=O)O. The van der Waals surface area contributed by atoms with Crippen molar-refractivity contribution in [3.63, 3.8) is 0 Å². The molecule has 0 saturated heterocycles. The Labute approximate surface area is 198 Å². The van der Waals surface area contributed by atoms with Gasteiger partial charge in [0.15, 0.2) is 11.5 Å². The van der Waals surface area contributed by atoms with Crippen molar-refractivity contribution < 1.29 is 45.7 Å². The van der Waals surface area contributed by atoms with Gasteiger partial charge in [0, 0.05) is 6.42 Å². The normalized spacial score (nSPS) is 11.2. The van der Waals surface area contributed by atoms with Crippen LogP contribution in [0.5, 0.6) is 11.5 Å². The number of nitrogens with two attached hydrogens (primary N) is 2. The van der Waals surface area contributed by atoms with Crippen LogP contribution in [-0.4, -0.2) is 33.5 Å². The number of anilines is 1. The average Bonchev–Trinajstić information content (AvgIpc) is 2.71. The lowest BCUT2D eigenvalue weighted by molar-refractivity contribution is -0.275. The smallest absolute Gasteiger partial charge is 0.478 e. The van der Waals surface area contributed by atoms with E-state index in [4.69, 9.17) is 16.7 Å². The lowest BCUT2D eigenvalue weighted by Gasteiger charge is -2.12. The average molecular weight is 531 g/mol. The summed E-state index contributed by atoms with van der Waals surface area (Å²) >= 11 is 0. The molecule has 0 aliphatic heterocycles. The van der Waals surface area contributed by atoms with Crippen molar-refractivity contribution in [1.82, 2.24) is 9.66 Å². The molecule has 16 heteroatoms. The Morgan fingerprint density at radius 3 is 2.06 bits per heavy atom. The molecular weight excluding hydrogens is 514 g/mol. The Morgan fingerprint density at radius 2 is 1.54 bits per heavy atom. The molecule has 1 aromatic heterocycles. The van der Waals surface area contributed by atoms with Gasteiger partial charge in [0.05, 0.1) is 16.6 Å². The maximum Gasteiger partial charge on any atom is 0.573 e. The van der Waals surface area contributed by atoms with E-state index in [1.807, 2.05) is 0 Å². The van der Waals surface area contributed by atoms with E-state index in [1.165, 1.54) is 12.1 Å². The molecule has 0 saturated carbocycles. The van der Waals surface area contributed by atoms with Crippen LogP contribution in [0.2, 0.25) is 0 Å². The zero-order chi connectivity index (χ0) is 25.8. The molecule has 3 rings (SSSR count). The van der Waals surface area contributed by atoms with Gasteiger partial charge in [-0.3, -0.25) is 4.79 Å². The predicted molar refractivity (Wildman–Crippen MR) is 114 cm³/mol. The number of benzene rings is 2. The Morgan fingerprint density at radius 1 is 1.03 bits per heavy atom. The molecule has 0 aliphatic rings. The molecule has 0 radical (unpaired) electrons. The van der Waals surface area contributed by atoms with E-state index in [0.29, 0.717) is 6.42 Å². The molecular formula is C19H17ClF6N4O5. The minimum absolute atomic E-state index is 0. The quantitative estimate of drug-likeness (QED) is 0.262. The molecule has 0 bridgehead atoms. The van der Waals surface area contributed by atoms with Crippen molar-refractivity contribution >= 4 is 35.0 Å². The van der Waals surface area contributed by atoms with Gasteiger partial charge in [-0.1, -0.05) is 19.1 Å². The first-order valence-electron chi connectivity index (χ1n) is 9.07. The van der Waals surface area contributed by atoms with Gasteiger partial charge in [-0.05, 0) is 24.3 Å². The second-order valence-corrected chi connectivity index (χ2v) is 6.33. The summed E-state index contributed by atoms with van der Waals surface area (Å²) in [5, 5.41) is 8.55. The van der Waals surface area contributed by atoms with E-state index in [-0.39, 0.29) is 29.1 Å². The number of nitrogen functional groups attached to an aromatic ring is 2. The summed E-state index contributed by atoms with van der Waals surface area (Å²) in [6.45, 7) is 1.68.